The summed E-state index contributed by atoms with van der Waals surface area (Å²) >= 11 is 0. The van der Waals surface area contributed by atoms with E-state index in [1.165, 1.54) is 5.56 Å². The zero-order chi connectivity index (χ0) is 15.5. The van der Waals surface area contributed by atoms with Gasteiger partial charge in [-0.15, -0.1) is 6.58 Å². The van der Waals surface area contributed by atoms with Crippen molar-refractivity contribution in [2.45, 2.75) is 19.2 Å². The van der Waals surface area contributed by atoms with E-state index in [4.69, 9.17) is 9.47 Å². The molecule has 0 amide bonds. The number of hydrogen-bond donors (Lipinski definition) is 0. The summed E-state index contributed by atoms with van der Waals surface area (Å²) in [4.78, 5) is 2.26. The quantitative estimate of drug-likeness (QED) is 0.793. The molecule has 3 rings (SSSR count). The van der Waals surface area contributed by atoms with Crippen molar-refractivity contribution in [1.82, 2.24) is 0 Å². The van der Waals surface area contributed by atoms with E-state index in [1.54, 1.807) is 7.11 Å². The van der Waals surface area contributed by atoms with Crippen molar-refractivity contribution in [3.8, 4) is 5.75 Å². The first kappa shape index (κ1) is 14.7. The number of anilines is 1. The molecule has 2 aromatic rings. The third-order valence-corrected chi connectivity index (χ3v) is 4.04. The summed E-state index contributed by atoms with van der Waals surface area (Å²) < 4.78 is 11.3. The van der Waals surface area contributed by atoms with Gasteiger partial charge in [0.1, 0.15) is 5.75 Å². The van der Waals surface area contributed by atoms with Gasteiger partial charge < -0.3 is 14.4 Å². The lowest BCUT2D eigenvalue weighted by Crippen LogP contribution is -2.31. The molecule has 1 aliphatic rings. The van der Waals surface area contributed by atoms with E-state index in [0.29, 0.717) is 6.61 Å². The van der Waals surface area contributed by atoms with Crippen molar-refractivity contribution in [3.05, 3.63) is 72.3 Å². The smallest absolute Gasteiger partial charge is 0.157 e. The van der Waals surface area contributed by atoms with E-state index < -0.39 is 0 Å². The van der Waals surface area contributed by atoms with Crippen LogP contribution in [-0.4, -0.2) is 19.8 Å². The Balaban J connectivity index is 1.95. The highest BCUT2D eigenvalue weighted by Crippen LogP contribution is 2.36. The Morgan fingerprint density at radius 2 is 1.82 bits per heavy atom. The van der Waals surface area contributed by atoms with E-state index in [9.17, 15) is 0 Å². The highest BCUT2D eigenvalue weighted by molar-refractivity contribution is 5.53. The Kier molecular flexibility index (Phi) is 4.16. The molecule has 0 saturated carbocycles. The minimum Gasteiger partial charge on any atom is -0.497 e. The summed E-state index contributed by atoms with van der Waals surface area (Å²) in [5.74, 6) is 0.853. The van der Waals surface area contributed by atoms with Crippen molar-refractivity contribution in [3.63, 3.8) is 0 Å². The Morgan fingerprint density at radius 3 is 2.41 bits per heavy atom. The SMILES string of the molecule is C=C[C@@H]1CO[C@H](c2ccc(C)cc2)N1c1ccc(OC)cc1. The second-order valence-corrected chi connectivity index (χ2v) is 5.50. The van der Waals surface area contributed by atoms with Crippen LogP contribution in [0, 0.1) is 6.92 Å². The van der Waals surface area contributed by atoms with Crippen molar-refractivity contribution >= 4 is 5.69 Å². The molecule has 2 aromatic carbocycles. The van der Waals surface area contributed by atoms with E-state index >= 15 is 0 Å². The molecule has 0 radical (unpaired) electrons. The number of nitrogens with zero attached hydrogens (tertiary/aromatic N) is 1. The monoisotopic (exact) mass is 295 g/mol. The van der Waals surface area contributed by atoms with E-state index in [-0.39, 0.29) is 12.3 Å². The molecule has 3 nitrogen and oxygen atoms in total. The zero-order valence-electron chi connectivity index (χ0n) is 13.0. The average Bonchev–Trinajstić information content (AvgIpc) is 2.99. The Bertz CT molecular complexity index is 633. The van der Waals surface area contributed by atoms with Crippen LogP contribution >= 0.6 is 0 Å². The van der Waals surface area contributed by atoms with Gasteiger partial charge in [-0.2, -0.15) is 0 Å². The lowest BCUT2D eigenvalue weighted by atomic mass is 10.1. The summed E-state index contributed by atoms with van der Waals surface area (Å²) in [5.41, 5.74) is 3.51. The highest BCUT2D eigenvalue weighted by atomic mass is 16.5. The highest BCUT2D eigenvalue weighted by Gasteiger charge is 2.33. The number of ether oxygens (including phenoxy) is 2. The number of hydrogen-bond acceptors (Lipinski definition) is 3. The summed E-state index contributed by atoms with van der Waals surface area (Å²) in [6, 6.07) is 16.7. The molecule has 0 N–H and O–H groups in total. The van der Waals surface area contributed by atoms with Crippen molar-refractivity contribution in [2.24, 2.45) is 0 Å². The largest absolute Gasteiger partial charge is 0.497 e. The molecule has 1 saturated heterocycles. The average molecular weight is 295 g/mol. The second kappa shape index (κ2) is 6.24. The van der Waals surface area contributed by atoms with E-state index in [0.717, 1.165) is 17.0 Å². The second-order valence-electron chi connectivity index (χ2n) is 5.50. The molecule has 0 unspecified atom stereocenters. The van der Waals surface area contributed by atoms with Crippen LogP contribution in [0.15, 0.2) is 61.2 Å². The standard InChI is InChI=1S/C19H21NO2/c1-4-16-13-22-19(15-7-5-14(2)6-8-15)20(16)17-9-11-18(21-3)12-10-17/h4-12,16,19H,1,13H2,2-3H3/t16-,19-/m1/s1. The first-order valence-electron chi connectivity index (χ1n) is 7.46. The molecule has 0 aliphatic carbocycles. The van der Waals surface area contributed by atoms with Crippen LogP contribution < -0.4 is 9.64 Å². The van der Waals surface area contributed by atoms with Crippen LogP contribution in [0.4, 0.5) is 5.69 Å². The third kappa shape index (κ3) is 2.72. The maximum atomic E-state index is 6.03. The molecule has 3 heteroatoms. The fourth-order valence-electron chi connectivity index (χ4n) is 2.77. The van der Waals surface area contributed by atoms with Gasteiger partial charge in [0.05, 0.1) is 19.8 Å². The number of methoxy groups -OCH3 is 1. The van der Waals surface area contributed by atoms with Gasteiger partial charge >= 0.3 is 0 Å². The molecule has 1 fully saturated rings. The predicted molar refractivity (Wildman–Crippen MR) is 89.3 cm³/mol. The third-order valence-electron chi connectivity index (χ3n) is 4.04. The minimum atomic E-state index is -0.0861. The van der Waals surface area contributed by atoms with Crippen LogP contribution in [0.2, 0.25) is 0 Å². The molecule has 1 aliphatic heterocycles. The maximum absolute atomic E-state index is 6.03. The lowest BCUT2D eigenvalue weighted by molar-refractivity contribution is 0.112. The number of rotatable bonds is 4. The van der Waals surface area contributed by atoms with Crippen LogP contribution in [0.5, 0.6) is 5.75 Å². The van der Waals surface area contributed by atoms with Crippen LogP contribution in [0.3, 0.4) is 0 Å². The topological polar surface area (TPSA) is 21.7 Å². The normalized spacial score (nSPS) is 20.9. The van der Waals surface area contributed by atoms with Gasteiger partial charge in [0.15, 0.2) is 6.23 Å². The molecule has 114 valence electrons. The van der Waals surface area contributed by atoms with Gasteiger partial charge in [-0.3, -0.25) is 0 Å². The van der Waals surface area contributed by atoms with Crippen molar-refractivity contribution in [1.29, 1.82) is 0 Å². The Morgan fingerprint density at radius 1 is 1.14 bits per heavy atom. The van der Waals surface area contributed by atoms with Gasteiger partial charge in [0, 0.05) is 11.3 Å². The van der Waals surface area contributed by atoms with Crippen molar-refractivity contribution in [2.75, 3.05) is 18.6 Å². The minimum absolute atomic E-state index is 0.0861. The lowest BCUT2D eigenvalue weighted by Gasteiger charge is -2.29. The summed E-state index contributed by atoms with van der Waals surface area (Å²) in [6.07, 6.45) is 1.86. The van der Waals surface area contributed by atoms with Crippen LogP contribution in [0.1, 0.15) is 17.4 Å². The van der Waals surface area contributed by atoms with E-state index in [1.807, 2.05) is 18.2 Å². The van der Waals surface area contributed by atoms with Gasteiger partial charge in [-0.25, -0.2) is 0 Å². The van der Waals surface area contributed by atoms with Gasteiger partial charge in [-0.05, 0) is 31.2 Å². The van der Waals surface area contributed by atoms with Gasteiger partial charge in [-0.1, -0.05) is 35.9 Å². The van der Waals surface area contributed by atoms with Gasteiger partial charge in [0.25, 0.3) is 0 Å². The molecular weight excluding hydrogens is 274 g/mol. The molecule has 0 aromatic heterocycles. The molecule has 2 atom stereocenters. The van der Waals surface area contributed by atoms with Crippen LogP contribution in [0.25, 0.3) is 0 Å². The summed E-state index contributed by atoms with van der Waals surface area (Å²) in [5, 5.41) is 0. The van der Waals surface area contributed by atoms with Crippen molar-refractivity contribution < 1.29 is 9.47 Å². The molecule has 22 heavy (non-hydrogen) atoms. The first-order valence-corrected chi connectivity index (χ1v) is 7.46. The fourth-order valence-corrected chi connectivity index (χ4v) is 2.77. The first-order chi connectivity index (χ1) is 10.7. The van der Waals surface area contributed by atoms with Gasteiger partial charge in [0.2, 0.25) is 0 Å². The number of aryl methyl sites for hydroxylation is 1. The molecule has 0 bridgehead atoms. The Labute approximate surface area is 131 Å². The molecule has 1 heterocycles. The molecular formula is C19H21NO2. The fraction of sp³-hybridized carbons (Fsp3) is 0.263. The summed E-state index contributed by atoms with van der Waals surface area (Å²) in [7, 11) is 1.68. The van der Waals surface area contributed by atoms with E-state index in [2.05, 4.69) is 54.8 Å². The summed E-state index contributed by atoms with van der Waals surface area (Å²) in [6.45, 7) is 6.69. The number of benzene rings is 2. The maximum Gasteiger partial charge on any atom is 0.157 e. The van der Waals surface area contributed by atoms with Crippen LogP contribution in [-0.2, 0) is 4.74 Å². The predicted octanol–water partition coefficient (Wildman–Crippen LogP) is 4.09. The zero-order valence-corrected chi connectivity index (χ0v) is 13.0. The molecule has 0 spiro atoms. The Hall–Kier alpha value is -2.26.